The number of aliphatic hydroxyl groups is 2. The van der Waals surface area contributed by atoms with Crippen LogP contribution in [0.5, 0.6) is 0 Å². The van der Waals surface area contributed by atoms with Gasteiger partial charge in [0.05, 0.1) is 6.10 Å². The van der Waals surface area contributed by atoms with E-state index in [1.807, 2.05) is 75.2 Å². The molecule has 15 saturated carbocycles. The zero-order valence-corrected chi connectivity index (χ0v) is 85.7. The van der Waals surface area contributed by atoms with Crippen LogP contribution in [0.1, 0.15) is 347 Å². The summed E-state index contributed by atoms with van der Waals surface area (Å²) in [6.45, 7) is 27.6. The first kappa shape index (κ1) is 152. The molecule has 0 aromatic rings. The van der Waals surface area contributed by atoms with E-state index in [4.69, 9.17) is 0 Å². The van der Waals surface area contributed by atoms with Gasteiger partial charge in [0.15, 0.2) is 0 Å². The molecule has 21 heteroatoms. The maximum absolute atomic E-state index is 10.3. The molecule has 2 N–H and O–H groups in total. The van der Waals surface area contributed by atoms with Gasteiger partial charge in [0.1, 0.15) is 0 Å². The van der Waals surface area contributed by atoms with Crippen LogP contribution < -0.4 is 0 Å². The average molecular weight is 2450 g/mol. The van der Waals surface area contributed by atoms with Gasteiger partial charge in [-0.05, 0) is 160 Å². The first-order chi connectivity index (χ1) is 39.4. The van der Waals surface area contributed by atoms with E-state index in [9.17, 15) is 10.2 Å². The molecule has 99 heavy (non-hydrogen) atoms. The Bertz CT molecular complexity index is 1290. The molecule has 0 saturated heterocycles. The summed E-state index contributed by atoms with van der Waals surface area (Å²) in [5.41, 5.74) is 0. The van der Waals surface area contributed by atoms with E-state index < -0.39 is 0 Å². The van der Waals surface area contributed by atoms with Crippen molar-refractivity contribution in [2.45, 2.75) is 353 Å². The van der Waals surface area contributed by atoms with Crippen LogP contribution in [-0.4, -0.2) is 16.3 Å². The predicted molar refractivity (Wildman–Crippen MR) is 350 cm³/mol. The second kappa shape index (κ2) is 90.1. The SMILES string of the molecule is CC.CC.CC.CC.CC.CC1C2CCCCC2C2CCCCC12.CC1C2CCCCC2C2CCCCC12.C[C-]1C2CCCCC2C2CCCCC12.OC1C2CCCCC2C2CCCCC12.O[C-]1C2CCCCC2C2CCCCC12.[Ar].[Ar].[Ar].[Ar].[Ar].[Ar].[Ar].[Ar].[Ar].[Ar].[Ar].[Ar].[Ar].[Ar].[Ar].[W].[W].[W].[W]. The third-order valence-electron chi connectivity index (χ3n) is 26.8. The molecule has 0 radical (unpaired) electrons. The minimum Gasteiger partial charge on any atom is -0.562 e. The van der Waals surface area contributed by atoms with Gasteiger partial charge < -0.3 is 16.1 Å². The van der Waals surface area contributed by atoms with Gasteiger partial charge in [0, 0.05) is 650 Å². The number of aliphatic hydroxyl groups excluding tert-OH is 2. The normalized spacial score (nSPS) is 36.3. The summed E-state index contributed by atoms with van der Waals surface area (Å²) in [7, 11) is 0. The van der Waals surface area contributed by atoms with Crippen molar-refractivity contribution in [3.63, 3.8) is 0 Å². The zero-order valence-electron chi connectivity index (χ0n) is 63.4. The number of hydrogen-bond acceptors (Lipinski definition) is 2. The van der Waals surface area contributed by atoms with E-state index in [1.54, 1.807) is 64.2 Å². The van der Waals surface area contributed by atoms with Crippen LogP contribution >= 0.6 is 0 Å². The van der Waals surface area contributed by atoms with Crippen molar-refractivity contribution in [1.29, 1.82) is 0 Å². The number of fused-ring (bicyclic) bond motifs is 15. The van der Waals surface area contributed by atoms with Gasteiger partial charge in [-0.1, -0.05) is 287 Å². The largest absolute Gasteiger partial charge is 0.562 e. The van der Waals surface area contributed by atoms with Crippen molar-refractivity contribution >= 4 is 0 Å². The third-order valence-corrected chi connectivity index (χ3v) is 26.8. The van der Waals surface area contributed by atoms with Crippen LogP contribution in [0.2, 0.25) is 0 Å². The number of hydrogen-bond donors (Lipinski definition) is 2. The van der Waals surface area contributed by atoms with Gasteiger partial charge in [0.2, 0.25) is 0 Å². The van der Waals surface area contributed by atoms with Crippen LogP contribution in [-0.2, 0) is 84.3 Å². The fourth-order valence-corrected chi connectivity index (χ4v) is 23.8. The molecule has 0 amide bonds. The molecular formula is C78H144Ar15O2W4-2. The minimum absolute atomic E-state index is 0. The van der Waals surface area contributed by atoms with Crippen LogP contribution in [0.4, 0.5) is 0 Å². The first-order valence-electron chi connectivity index (χ1n) is 38.5. The summed E-state index contributed by atoms with van der Waals surface area (Å²) in [6, 6.07) is 0. The molecule has 15 fully saturated rings. The Morgan fingerprint density at radius 1 is 0.202 bits per heavy atom. The summed E-state index contributed by atoms with van der Waals surface area (Å²) >= 11 is 0. The molecular weight excluding hydrogens is 2300 g/mol. The molecule has 2 nitrogen and oxygen atoms in total. The molecule has 0 bridgehead atoms. The molecule has 0 spiro atoms. The van der Waals surface area contributed by atoms with Crippen LogP contribution in [0, 0.1) is 708 Å². The van der Waals surface area contributed by atoms with Gasteiger partial charge in [-0.3, -0.25) is 0 Å². The van der Waals surface area contributed by atoms with E-state index >= 15 is 0 Å². The molecule has 15 rings (SSSR count). The van der Waals surface area contributed by atoms with Gasteiger partial charge in [0.25, 0.3) is 0 Å². The summed E-state index contributed by atoms with van der Waals surface area (Å²) < 4.78 is 0. The summed E-state index contributed by atoms with van der Waals surface area (Å²) in [5, 5.41) is 20.6. The quantitative estimate of drug-likeness (QED) is 0.237. The molecule has 20 atom stereocenters. The Kier molecular flexibility index (Phi) is 138. The Labute approximate surface area is 1130 Å². The molecule has 15 aliphatic carbocycles. The number of rotatable bonds is 0. The maximum atomic E-state index is 10.3. The smallest absolute Gasteiger partial charge is 0.0602 e. The molecule has 0 aromatic heterocycles. The first-order valence-corrected chi connectivity index (χ1v) is 38.5. The second-order valence-corrected chi connectivity index (χ2v) is 29.3. The van der Waals surface area contributed by atoms with Crippen molar-refractivity contribution in [3.05, 3.63) is 12.0 Å². The van der Waals surface area contributed by atoms with Crippen molar-refractivity contribution in [3.8, 4) is 0 Å². The average Bonchev–Trinajstić information content (AvgIpc) is 1.68. The van der Waals surface area contributed by atoms with E-state index in [0.717, 1.165) is 113 Å². The predicted octanol–water partition coefficient (Wildman–Crippen LogP) is 24.3. The Morgan fingerprint density at radius 2 is 0.333 bits per heavy atom. The minimum atomic E-state index is 0. The topological polar surface area (TPSA) is 40.5 Å². The second-order valence-electron chi connectivity index (χ2n) is 29.3. The van der Waals surface area contributed by atoms with Crippen LogP contribution in [0.25, 0.3) is 0 Å². The molecule has 614 valence electrons. The van der Waals surface area contributed by atoms with Crippen molar-refractivity contribution < 1.29 is 661 Å². The molecule has 0 heterocycles. The van der Waals surface area contributed by atoms with Crippen LogP contribution in [0.3, 0.4) is 0 Å². The Balaban J connectivity index is -0.0000000703. The molecule has 0 aromatic carbocycles. The van der Waals surface area contributed by atoms with Gasteiger partial charge in [-0.25, -0.2) is 0 Å². The van der Waals surface area contributed by atoms with E-state index in [1.165, 1.54) is 193 Å². The van der Waals surface area contributed by atoms with Gasteiger partial charge >= 0.3 is 0 Å². The van der Waals surface area contributed by atoms with Crippen molar-refractivity contribution in [1.82, 2.24) is 0 Å². The van der Waals surface area contributed by atoms with Crippen LogP contribution in [0.15, 0.2) is 0 Å². The monoisotopic (exact) mass is 2450 g/mol. The third kappa shape index (κ3) is 45.0. The Hall–Kier alpha value is 21.6. The van der Waals surface area contributed by atoms with E-state index in [2.05, 4.69) is 20.8 Å². The standard InChI is InChI=1S/2C14H24.C14H23.C13H22O.C13H21O.5C2H6.15Ar.4W/c3*1-10-11-6-2-4-8-13(11)14-9-5-3-7-12(10)14;2*14-13-11-7-3-1-5-9(11)10-6-2-4-8-12(10)13;5*1-2;;;;;;;;;;;;;;;;;;;/h2*10-14H,2-9H2,1H3;11-14H,2-9H2,1H3;9-14H,1-8H2;9-12,14H,1-8H2;5*1-2H3;;;;;;;;;;;;;;;;;;;/q;;-1;;-1;;;;;;;;;;;;;;;;;;;;;;;;. The Morgan fingerprint density at radius 3 is 0.535 bits per heavy atom. The fraction of sp³-hybridized carbons (Fsp3) is 0.974. The molecule has 20 unspecified atom stereocenters. The summed E-state index contributed by atoms with van der Waals surface area (Å²) in [4.78, 5) is 0. The van der Waals surface area contributed by atoms with Gasteiger partial charge in [-0.2, -0.15) is 24.9 Å². The van der Waals surface area contributed by atoms with E-state index in [0.29, 0.717) is 23.7 Å². The summed E-state index contributed by atoms with van der Waals surface area (Å²) in [5.74, 6) is 23.7. The fourth-order valence-electron chi connectivity index (χ4n) is 23.8. The maximum Gasteiger partial charge on any atom is 0.0602 e. The molecule has 15 aliphatic rings. The van der Waals surface area contributed by atoms with Crippen molar-refractivity contribution in [2.24, 2.45) is 130 Å². The molecule has 0 aliphatic heterocycles. The van der Waals surface area contributed by atoms with E-state index in [-0.39, 0.29) is 656 Å². The summed E-state index contributed by atoms with van der Waals surface area (Å²) in [6.07, 6.45) is 60.1. The van der Waals surface area contributed by atoms with Gasteiger partial charge in [-0.15, -0.1) is 11.8 Å². The zero-order chi connectivity index (χ0) is 57.7. The van der Waals surface area contributed by atoms with Crippen molar-refractivity contribution in [2.75, 3.05) is 0 Å².